The van der Waals surface area contributed by atoms with E-state index in [2.05, 4.69) is 9.64 Å². The summed E-state index contributed by atoms with van der Waals surface area (Å²) in [6.07, 6.45) is 0.155. The Hall–Kier alpha value is -1.71. The second kappa shape index (κ2) is 4.43. The van der Waals surface area contributed by atoms with Crippen LogP contribution in [0.2, 0.25) is 0 Å². The molecule has 0 aromatic heterocycles. The zero-order chi connectivity index (χ0) is 11.5. The number of rotatable bonds is 2. The third kappa shape index (κ3) is 2.10. The summed E-state index contributed by atoms with van der Waals surface area (Å²) in [6, 6.07) is 7.81. The summed E-state index contributed by atoms with van der Waals surface area (Å²) in [5.74, 6) is 0.586. The first-order valence-electron chi connectivity index (χ1n) is 5.24. The molecule has 0 spiro atoms. The fraction of sp³-hybridized carbons (Fsp3) is 0.417. The number of fused-ring (bicyclic) bond motifs is 1. The van der Waals surface area contributed by atoms with Gasteiger partial charge < -0.3 is 14.4 Å². The van der Waals surface area contributed by atoms with Crippen molar-refractivity contribution in [3.8, 4) is 5.75 Å². The molecule has 1 heterocycles. The van der Waals surface area contributed by atoms with Crippen molar-refractivity contribution in [2.24, 2.45) is 0 Å². The van der Waals surface area contributed by atoms with E-state index >= 15 is 0 Å². The molecule has 0 aliphatic carbocycles. The first-order chi connectivity index (χ1) is 7.70. The van der Waals surface area contributed by atoms with Gasteiger partial charge in [-0.15, -0.1) is 0 Å². The number of carbonyl (C=O) groups is 1. The Morgan fingerprint density at radius 2 is 2.31 bits per heavy atom. The summed E-state index contributed by atoms with van der Waals surface area (Å²) in [7, 11) is 3.38. The van der Waals surface area contributed by atoms with Crippen molar-refractivity contribution in [2.75, 3.05) is 25.6 Å². The molecule has 0 N–H and O–H groups in total. The van der Waals surface area contributed by atoms with E-state index in [9.17, 15) is 4.79 Å². The quantitative estimate of drug-likeness (QED) is 0.708. The molecule has 1 aromatic carbocycles. The summed E-state index contributed by atoms with van der Waals surface area (Å²) in [6.45, 7) is 0.701. The van der Waals surface area contributed by atoms with Crippen molar-refractivity contribution in [3.05, 3.63) is 24.3 Å². The Morgan fingerprint density at radius 1 is 1.56 bits per heavy atom. The molecule has 4 nitrogen and oxygen atoms in total. The SMILES string of the molecule is COC(=O)C[C@@H]1CN(C)c2ccccc2O1. The minimum Gasteiger partial charge on any atom is -0.486 e. The lowest BCUT2D eigenvalue weighted by Crippen LogP contribution is -2.39. The molecule has 4 heteroatoms. The molecule has 86 valence electrons. The van der Waals surface area contributed by atoms with Gasteiger partial charge in [0.25, 0.3) is 0 Å². The van der Waals surface area contributed by atoms with Crippen LogP contribution >= 0.6 is 0 Å². The largest absolute Gasteiger partial charge is 0.486 e. The molecule has 0 saturated heterocycles. The normalized spacial score (nSPS) is 18.6. The van der Waals surface area contributed by atoms with Crippen LogP contribution in [0.5, 0.6) is 5.75 Å². The predicted octanol–water partition coefficient (Wildman–Crippen LogP) is 1.45. The minimum absolute atomic E-state index is 0.132. The molecule has 1 aliphatic rings. The Kier molecular flexibility index (Phi) is 2.99. The zero-order valence-corrected chi connectivity index (χ0v) is 9.47. The molecule has 0 saturated carbocycles. The van der Waals surface area contributed by atoms with Gasteiger partial charge in [-0.1, -0.05) is 12.1 Å². The molecule has 1 aromatic rings. The van der Waals surface area contributed by atoms with Crippen LogP contribution in [0.25, 0.3) is 0 Å². The van der Waals surface area contributed by atoms with Crippen molar-refractivity contribution < 1.29 is 14.3 Å². The lowest BCUT2D eigenvalue weighted by Gasteiger charge is -2.33. The summed E-state index contributed by atoms with van der Waals surface area (Å²) < 4.78 is 10.4. The lowest BCUT2D eigenvalue weighted by molar-refractivity contribution is -0.142. The van der Waals surface area contributed by atoms with Crippen molar-refractivity contribution in [2.45, 2.75) is 12.5 Å². The van der Waals surface area contributed by atoms with Crippen LogP contribution in [0.4, 0.5) is 5.69 Å². The van der Waals surface area contributed by atoms with Crippen LogP contribution in [-0.4, -0.2) is 32.8 Å². The third-order valence-corrected chi connectivity index (χ3v) is 2.67. The van der Waals surface area contributed by atoms with Gasteiger partial charge in [-0.25, -0.2) is 0 Å². The maximum atomic E-state index is 11.2. The van der Waals surface area contributed by atoms with Gasteiger partial charge in [0.2, 0.25) is 0 Å². The van der Waals surface area contributed by atoms with Gasteiger partial charge in [0.15, 0.2) is 0 Å². The van der Waals surface area contributed by atoms with Gasteiger partial charge in [0, 0.05) is 7.05 Å². The monoisotopic (exact) mass is 221 g/mol. The van der Waals surface area contributed by atoms with Crippen LogP contribution in [0.1, 0.15) is 6.42 Å². The van der Waals surface area contributed by atoms with E-state index in [1.165, 1.54) is 7.11 Å². The van der Waals surface area contributed by atoms with Gasteiger partial charge in [-0.3, -0.25) is 4.79 Å². The van der Waals surface area contributed by atoms with E-state index < -0.39 is 0 Å². The van der Waals surface area contributed by atoms with Gasteiger partial charge in [0.1, 0.15) is 11.9 Å². The average Bonchev–Trinajstić information content (AvgIpc) is 2.29. The number of hydrogen-bond acceptors (Lipinski definition) is 4. The first kappa shape index (κ1) is 10.8. The Morgan fingerprint density at radius 3 is 3.06 bits per heavy atom. The summed E-state index contributed by atoms with van der Waals surface area (Å²) in [4.78, 5) is 13.3. The molecule has 0 amide bonds. The van der Waals surface area contributed by atoms with E-state index in [4.69, 9.17) is 4.74 Å². The second-order valence-electron chi connectivity index (χ2n) is 3.87. The van der Waals surface area contributed by atoms with Crippen LogP contribution in [0, 0.1) is 0 Å². The van der Waals surface area contributed by atoms with Gasteiger partial charge in [-0.05, 0) is 12.1 Å². The van der Waals surface area contributed by atoms with E-state index in [0.717, 1.165) is 11.4 Å². The number of likely N-dealkylation sites (N-methyl/N-ethyl adjacent to an activating group) is 1. The lowest BCUT2D eigenvalue weighted by atomic mass is 10.1. The zero-order valence-electron chi connectivity index (χ0n) is 9.47. The van der Waals surface area contributed by atoms with Crippen molar-refractivity contribution >= 4 is 11.7 Å². The molecular weight excluding hydrogens is 206 g/mol. The van der Waals surface area contributed by atoms with Crippen LogP contribution in [-0.2, 0) is 9.53 Å². The summed E-state index contributed by atoms with van der Waals surface area (Å²) >= 11 is 0. The van der Waals surface area contributed by atoms with Crippen molar-refractivity contribution in [1.29, 1.82) is 0 Å². The molecule has 2 rings (SSSR count). The maximum absolute atomic E-state index is 11.2. The van der Waals surface area contributed by atoms with Crippen LogP contribution in [0.3, 0.4) is 0 Å². The number of hydrogen-bond donors (Lipinski definition) is 0. The molecule has 0 bridgehead atoms. The Labute approximate surface area is 94.8 Å². The molecule has 0 radical (unpaired) electrons. The number of esters is 1. The van der Waals surface area contributed by atoms with Gasteiger partial charge in [-0.2, -0.15) is 0 Å². The fourth-order valence-corrected chi connectivity index (χ4v) is 1.87. The highest BCUT2D eigenvalue weighted by atomic mass is 16.5. The molecule has 1 atom stereocenters. The minimum atomic E-state index is -0.238. The number of para-hydroxylation sites is 2. The highest BCUT2D eigenvalue weighted by molar-refractivity contribution is 5.70. The standard InChI is InChI=1S/C12H15NO3/c1-13-8-9(7-12(14)15-2)16-11-6-4-3-5-10(11)13/h3-6,9H,7-8H2,1-2H3/t9-/m1/s1. The molecule has 0 fully saturated rings. The molecule has 1 aliphatic heterocycles. The molecular formula is C12H15NO3. The molecule has 16 heavy (non-hydrogen) atoms. The number of benzene rings is 1. The number of ether oxygens (including phenoxy) is 2. The van der Waals surface area contributed by atoms with Gasteiger partial charge in [0.05, 0.1) is 25.8 Å². The summed E-state index contributed by atoms with van der Waals surface area (Å²) in [5, 5.41) is 0. The van der Waals surface area contributed by atoms with E-state index in [-0.39, 0.29) is 18.5 Å². The van der Waals surface area contributed by atoms with Crippen molar-refractivity contribution in [3.63, 3.8) is 0 Å². The van der Waals surface area contributed by atoms with E-state index in [0.29, 0.717) is 6.54 Å². The summed E-state index contributed by atoms with van der Waals surface area (Å²) in [5.41, 5.74) is 1.06. The van der Waals surface area contributed by atoms with E-state index in [1.807, 2.05) is 31.3 Å². The third-order valence-electron chi connectivity index (χ3n) is 2.67. The number of anilines is 1. The highest BCUT2D eigenvalue weighted by Gasteiger charge is 2.25. The number of methoxy groups -OCH3 is 1. The average molecular weight is 221 g/mol. The molecule has 0 unspecified atom stereocenters. The topological polar surface area (TPSA) is 38.8 Å². The van der Waals surface area contributed by atoms with Crippen molar-refractivity contribution in [1.82, 2.24) is 0 Å². The van der Waals surface area contributed by atoms with E-state index in [1.54, 1.807) is 0 Å². The Balaban J connectivity index is 2.12. The predicted molar refractivity (Wildman–Crippen MR) is 60.8 cm³/mol. The second-order valence-corrected chi connectivity index (χ2v) is 3.87. The fourth-order valence-electron chi connectivity index (χ4n) is 1.87. The number of nitrogens with zero attached hydrogens (tertiary/aromatic N) is 1. The van der Waals surface area contributed by atoms with Crippen LogP contribution in [0.15, 0.2) is 24.3 Å². The first-order valence-corrected chi connectivity index (χ1v) is 5.24. The maximum Gasteiger partial charge on any atom is 0.309 e. The van der Waals surface area contributed by atoms with Gasteiger partial charge >= 0.3 is 5.97 Å². The highest BCUT2D eigenvalue weighted by Crippen LogP contribution is 2.32. The smallest absolute Gasteiger partial charge is 0.309 e. The Bertz CT molecular complexity index is 392. The van der Waals surface area contributed by atoms with Crippen LogP contribution < -0.4 is 9.64 Å². The number of carbonyl (C=O) groups excluding carboxylic acids is 1.